The van der Waals surface area contributed by atoms with Gasteiger partial charge in [0.15, 0.2) is 0 Å². The van der Waals surface area contributed by atoms with E-state index in [1.165, 1.54) is 19.3 Å². The Morgan fingerprint density at radius 3 is 3.08 bits per heavy atom. The van der Waals surface area contributed by atoms with Crippen LogP contribution in [0, 0.1) is 0 Å². The molecule has 0 aromatic carbocycles. The second-order valence-electron chi connectivity index (χ2n) is 3.55. The number of hydrogen-bond acceptors (Lipinski definition) is 3. The van der Waals surface area contributed by atoms with Crippen LogP contribution in [0.4, 0.5) is 0 Å². The van der Waals surface area contributed by atoms with Gasteiger partial charge in [0.05, 0.1) is 12.1 Å². The zero-order valence-corrected chi connectivity index (χ0v) is 7.89. The Morgan fingerprint density at radius 1 is 1.46 bits per heavy atom. The van der Waals surface area contributed by atoms with Gasteiger partial charge < -0.3 is 4.74 Å². The molecular weight excluding hydrogens is 166 g/mol. The molecule has 1 aliphatic rings. The average Bonchev–Trinajstić information content (AvgIpc) is 2.71. The van der Waals surface area contributed by atoms with Gasteiger partial charge in [0.1, 0.15) is 12.7 Å². The molecule has 2 atom stereocenters. The smallest absolute Gasteiger partial charge is 0.137 e. The van der Waals surface area contributed by atoms with Crippen LogP contribution in [0.3, 0.4) is 0 Å². The molecule has 4 heteroatoms. The molecule has 13 heavy (non-hydrogen) atoms. The molecule has 1 aliphatic carbocycles. The zero-order valence-electron chi connectivity index (χ0n) is 7.89. The van der Waals surface area contributed by atoms with Gasteiger partial charge in [-0.3, -0.25) is 0 Å². The maximum Gasteiger partial charge on any atom is 0.137 e. The number of nitrogens with zero attached hydrogens (tertiary/aromatic N) is 3. The highest BCUT2D eigenvalue weighted by Gasteiger charge is 2.22. The number of rotatable bonds is 2. The normalized spacial score (nSPS) is 29.0. The predicted octanol–water partition coefficient (Wildman–Crippen LogP) is 1.41. The SMILES string of the molecule is COC1CCCC(n2cncn2)C1. The molecule has 1 heterocycles. The molecule has 2 rings (SSSR count). The van der Waals surface area contributed by atoms with Crippen LogP contribution >= 0.6 is 0 Å². The molecule has 0 bridgehead atoms. The monoisotopic (exact) mass is 181 g/mol. The molecule has 72 valence electrons. The van der Waals surface area contributed by atoms with E-state index in [1.54, 1.807) is 19.8 Å². The Labute approximate surface area is 77.9 Å². The zero-order chi connectivity index (χ0) is 9.10. The highest BCUT2D eigenvalue weighted by molar-refractivity contribution is 4.77. The molecule has 0 saturated heterocycles. The standard InChI is InChI=1S/C9H15N3O/c1-13-9-4-2-3-8(5-9)12-7-10-6-11-12/h6-9H,2-5H2,1H3. The van der Waals surface area contributed by atoms with Crippen LogP contribution in [0.25, 0.3) is 0 Å². The summed E-state index contributed by atoms with van der Waals surface area (Å²) in [7, 11) is 1.79. The maximum absolute atomic E-state index is 5.36. The molecule has 1 aromatic heterocycles. The summed E-state index contributed by atoms with van der Waals surface area (Å²) in [5.74, 6) is 0. The van der Waals surface area contributed by atoms with Crippen molar-refractivity contribution in [3.63, 3.8) is 0 Å². The van der Waals surface area contributed by atoms with Gasteiger partial charge in [-0.25, -0.2) is 9.67 Å². The lowest BCUT2D eigenvalue weighted by molar-refractivity contribution is 0.0507. The van der Waals surface area contributed by atoms with E-state index in [1.807, 2.05) is 4.68 Å². The van der Waals surface area contributed by atoms with Gasteiger partial charge in [-0.15, -0.1) is 0 Å². The molecule has 1 saturated carbocycles. The van der Waals surface area contributed by atoms with Gasteiger partial charge in [0.25, 0.3) is 0 Å². The summed E-state index contributed by atoms with van der Waals surface area (Å²) in [4.78, 5) is 3.96. The summed E-state index contributed by atoms with van der Waals surface area (Å²) < 4.78 is 7.31. The van der Waals surface area contributed by atoms with Crippen LogP contribution in [-0.4, -0.2) is 28.0 Å². The summed E-state index contributed by atoms with van der Waals surface area (Å²) in [5, 5.41) is 4.16. The van der Waals surface area contributed by atoms with E-state index in [0.29, 0.717) is 12.1 Å². The van der Waals surface area contributed by atoms with Crippen molar-refractivity contribution in [3.05, 3.63) is 12.7 Å². The van der Waals surface area contributed by atoms with Crippen molar-refractivity contribution >= 4 is 0 Å². The molecule has 2 unspecified atom stereocenters. The minimum atomic E-state index is 0.406. The first kappa shape index (κ1) is 8.69. The molecule has 0 amide bonds. The summed E-state index contributed by atoms with van der Waals surface area (Å²) >= 11 is 0. The molecule has 0 radical (unpaired) electrons. The van der Waals surface area contributed by atoms with Crippen molar-refractivity contribution in [2.75, 3.05) is 7.11 Å². The average molecular weight is 181 g/mol. The van der Waals surface area contributed by atoms with Gasteiger partial charge in [-0.2, -0.15) is 5.10 Å². The van der Waals surface area contributed by atoms with E-state index < -0.39 is 0 Å². The Hall–Kier alpha value is -0.900. The van der Waals surface area contributed by atoms with Gasteiger partial charge in [-0.05, 0) is 25.7 Å². The quantitative estimate of drug-likeness (QED) is 0.692. The van der Waals surface area contributed by atoms with Crippen LogP contribution in [0.1, 0.15) is 31.7 Å². The van der Waals surface area contributed by atoms with Crippen molar-refractivity contribution in [2.45, 2.75) is 37.8 Å². The van der Waals surface area contributed by atoms with Crippen LogP contribution in [-0.2, 0) is 4.74 Å². The lowest BCUT2D eigenvalue weighted by Crippen LogP contribution is -2.24. The molecule has 0 N–H and O–H groups in total. The fraction of sp³-hybridized carbons (Fsp3) is 0.778. The second-order valence-corrected chi connectivity index (χ2v) is 3.55. The second kappa shape index (κ2) is 3.87. The minimum Gasteiger partial charge on any atom is -0.381 e. The minimum absolute atomic E-state index is 0.406. The van der Waals surface area contributed by atoms with Crippen molar-refractivity contribution in [1.82, 2.24) is 14.8 Å². The van der Waals surface area contributed by atoms with Gasteiger partial charge in [0.2, 0.25) is 0 Å². The molecule has 1 aromatic rings. The highest BCUT2D eigenvalue weighted by atomic mass is 16.5. The molecular formula is C9H15N3O. The van der Waals surface area contributed by atoms with E-state index in [0.717, 1.165) is 6.42 Å². The first-order valence-corrected chi connectivity index (χ1v) is 4.77. The third kappa shape index (κ3) is 1.88. The Kier molecular flexibility index (Phi) is 2.59. The van der Waals surface area contributed by atoms with Crippen molar-refractivity contribution < 1.29 is 4.74 Å². The van der Waals surface area contributed by atoms with Crippen LogP contribution in [0.15, 0.2) is 12.7 Å². The number of methoxy groups -OCH3 is 1. The van der Waals surface area contributed by atoms with Gasteiger partial charge in [0, 0.05) is 7.11 Å². The number of ether oxygens (including phenoxy) is 1. The number of aromatic nitrogens is 3. The lowest BCUT2D eigenvalue weighted by Gasteiger charge is -2.27. The van der Waals surface area contributed by atoms with E-state index in [2.05, 4.69) is 10.1 Å². The Morgan fingerprint density at radius 2 is 2.38 bits per heavy atom. The number of hydrogen-bond donors (Lipinski definition) is 0. The third-order valence-electron chi connectivity index (χ3n) is 2.74. The van der Waals surface area contributed by atoms with Crippen LogP contribution in [0.5, 0.6) is 0 Å². The van der Waals surface area contributed by atoms with E-state index >= 15 is 0 Å². The van der Waals surface area contributed by atoms with Crippen LogP contribution < -0.4 is 0 Å². The fourth-order valence-electron chi connectivity index (χ4n) is 1.98. The van der Waals surface area contributed by atoms with Gasteiger partial charge in [-0.1, -0.05) is 0 Å². The highest BCUT2D eigenvalue weighted by Crippen LogP contribution is 2.28. The fourth-order valence-corrected chi connectivity index (χ4v) is 1.98. The van der Waals surface area contributed by atoms with Gasteiger partial charge >= 0.3 is 0 Å². The third-order valence-corrected chi connectivity index (χ3v) is 2.74. The van der Waals surface area contributed by atoms with E-state index in [-0.39, 0.29) is 0 Å². The molecule has 0 aliphatic heterocycles. The van der Waals surface area contributed by atoms with E-state index in [4.69, 9.17) is 4.74 Å². The maximum atomic E-state index is 5.36. The largest absolute Gasteiger partial charge is 0.381 e. The Balaban J connectivity index is 2.00. The molecule has 0 spiro atoms. The summed E-state index contributed by atoms with van der Waals surface area (Å²) in [6.45, 7) is 0. The first-order valence-electron chi connectivity index (χ1n) is 4.77. The molecule has 1 fully saturated rings. The summed E-state index contributed by atoms with van der Waals surface area (Å²) in [6.07, 6.45) is 8.47. The Bertz CT molecular complexity index is 247. The van der Waals surface area contributed by atoms with Crippen molar-refractivity contribution in [2.24, 2.45) is 0 Å². The summed E-state index contributed by atoms with van der Waals surface area (Å²) in [6, 6.07) is 0.487. The first-order chi connectivity index (χ1) is 6.40. The summed E-state index contributed by atoms with van der Waals surface area (Å²) in [5.41, 5.74) is 0. The van der Waals surface area contributed by atoms with Crippen molar-refractivity contribution in [3.8, 4) is 0 Å². The predicted molar refractivity (Wildman–Crippen MR) is 48.3 cm³/mol. The van der Waals surface area contributed by atoms with E-state index in [9.17, 15) is 0 Å². The lowest BCUT2D eigenvalue weighted by atomic mass is 9.93. The topological polar surface area (TPSA) is 39.9 Å². The van der Waals surface area contributed by atoms with Crippen LogP contribution in [0.2, 0.25) is 0 Å². The van der Waals surface area contributed by atoms with Crippen molar-refractivity contribution in [1.29, 1.82) is 0 Å². The molecule has 4 nitrogen and oxygen atoms in total.